The molecule has 0 bridgehead atoms. The van der Waals surface area contributed by atoms with Crippen LogP contribution in [0.1, 0.15) is 30.4 Å². The topological polar surface area (TPSA) is 38.3 Å². The van der Waals surface area contributed by atoms with Crippen molar-refractivity contribution in [2.75, 3.05) is 17.7 Å². The molecule has 1 heterocycles. The molecule has 0 saturated heterocycles. The molecule has 3 nitrogen and oxygen atoms in total. The van der Waals surface area contributed by atoms with Crippen LogP contribution in [0, 0.1) is 6.92 Å². The number of hydrogen-bond donors (Lipinski definition) is 2. The van der Waals surface area contributed by atoms with Crippen molar-refractivity contribution in [2.45, 2.75) is 32.6 Å². The lowest BCUT2D eigenvalue weighted by Gasteiger charge is -2.17. The van der Waals surface area contributed by atoms with Gasteiger partial charge in [0.2, 0.25) is 5.91 Å². The Labute approximate surface area is 163 Å². The number of unbranched alkanes of at least 4 members (excludes halogenated alkanes) is 1. The van der Waals surface area contributed by atoms with E-state index in [4.69, 9.17) is 4.74 Å². The maximum absolute atomic E-state index is 11.2. The van der Waals surface area contributed by atoms with E-state index in [0.29, 0.717) is 6.42 Å². The molecule has 0 spiro atoms. The van der Waals surface area contributed by atoms with Crippen LogP contribution in [0.5, 0.6) is 5.75 Å². The van der Waals surface area contributed by atoms with Crippen LogP contribution in [0.25, 0.3) is 0 Å². The Balaban J connectivity index is 0.000000236. The maximum Gasteiger partial charge on any atom is 0.224 e. The fraction of sp³-hybridized carbons (Fsp3) is 0.350. The van der Waals surface area contributed by atoms with Gasteiger partial charge in [0, 0.05) is 16.6 Å². The van der Waals surface area contributed by atoms with E-state index in [1.807, 2.05) is 36.4 Å². The van der Waals surface area contributed by atoms with Crippen LogP contribution in [0.4, 0.5) is 5.69 Å². The van der Waals surface area contributed by atoms with E-state index in [-0.39, 0.29) is 5.91 Å². The SMILES string of the molecule is Cc1ccccc1Br.O=C1CCc2cc(OCCCCS)ccc2N1. The first kappa shape index (κ1) is 19.9. The third-order valence-electron chi connectivity index (χ3n) is 3.87. The van der Waals surface area contributed by atoms with Gasteiger partial charge in [0.1, 0.15) is 5.75 Å². The Morgan fingerprint density at radius 2 is 1.96 bits per heavy atom. The molecule has 0 aromatic heterocycles. The molecule has 0 aliphatic carbocycles. The molecule has 0 atom stereocenters. The molecule has 25 heavy (non-hydrogen) atoms. The van der Waals surface area contributed by atoms with Gasteiger partial charge in [-0.3, -0.25) is 4.79 Å². The number of fused-ring (bicyclic) bond motifs is 1. The van der Waals surface area contributed by atoms with Gasteiger partial charge in [-0.25, -0.2) is 0 Å². The standard InChI is InChI=1S/C13H17NO2S.C7H7Br/c15-13-6-3-10-9-11(4-5-12(10)14-13)16-7-1-2-8-17;1-6-4-2-3-5-7(6)8/h4-5,9,17H,1-3,6-8H2,(H,14,15);2-5H,1H3. The molecular weight excluding hydrogens is 398 g/mol. The normalized spacial score (nSPS) is 12.5. The Morgan fingerprint density at radius 1 is 1.16 bits per heavy atom. The van der Waals surface area contributed by atoms with Crippen LogP contribution in [0.3, 0.4) is 0 Å². The Morgan fingerprint density at radius 3 is 2.64 bits per heavy atom. The van der Waals surface area contributed by atoms with E-state index in [1.165, 1.54) is 10.0 Å². The molecule has 5 heteroatoms. The summed E-state index contributed by atoms with van der Waals surface area (Å²) in [4.78, 5) is 11.2. The zero-order chi connectivity index (χ0) is 18.1. The van der Waals surface area contributed by atoms with Crippen molar-refractivity contribution in [1.82, 2.24) is 0 Å². The van der Waals surface area contributed by atoms with E-state index in [9.17, 15) is 4.79 Å². The highest BCUT2D eigenvalue weighted by Crippen LogP contribution is 2.26. The molecular formula is C20H24BrNO2S. The maximum atomic E-state index is 11.2. The largest absolute Gasteiger partial charge is 0.494 e. The van der Waals surface area contributed by atoms with E-state index < -0.39 is 0 Å². The van der Waals surface area contributed by atoms with Crippen molar-refractivity contribution in [3.8, 4) is 5.75 Å². The summed E-state index contributed by atoms with van der Waals surface area (Å²) in [5.74, 6) is 1.89. The number of anilines is 1. The van der Waals surface area contributed by atoms with Crippen molar-refractivity contribution in [2.24, 2.45) is 0 Å². The van der Waals surface area contributed by atoms with Crippen molar-refractivity contribution in [3.05, 3.63) is 58.1 Å². The second-order valence-electron chi connectivity index (χ2n) is 5.90. The summed E-state index contributed by atoms with van der Waals surface area (Å²) < 4.78 is 6.83. The molecule has 1 amide bonds. The van der Waals surface area contributed by atoms with Gasteiger partial charge in [-0.05, 0) is 67.3 Å². The first-order valence-electron chi connectivity index (χ1n) is 8.47. The number of rotatable bonds is 5. The summed E-state index contributed by atoms with van der Waals surface area (Å²) >= 11 is 7.55. The van der Waals surface area contributed by atoms with Gasteiger partial charge < -0.3 is 10.1 Å². The smallest absolute Gasteiger partial charge is 0.224 e. The second-order valence-corrected chi connectivity index (χ2v) is 7.20. The minimum absolute atomic E-state index is 0.0972. The summed E-state index contributed by atoms with van der Waals surface area (Å²) in [5, 5.41) is 2.86. The third-order valence-corrected chi connectivity index (χ3v) is 5.08. The number of carbonyl (C=O) groups excluding carboxylic acids is 1. The van der Waals surface area contributed by atoms with Gasteiger partial charge in [0.15, 0.2) is 0 Å². The quantitative estimate of drug-likeness (QED) is 0.499. The van der Waals surface area contributed by atoms with Gasteiger partial charge in [-0.15, -0.1) is 0 Å². The van der Waals surface area contributed by atoms with Crippen molar-refractivity contribution in [3.63, 3.8) is 0 Å². The number of benzene rings is 2. The molecule has 0 radical (unpaired) electrons. The molecule has 3 rings (SSSR count). The highest BCUT2D eigenvalue weighted by Gasteiger charge is 2.14. The van der Waals surface area contributed by atoms with Gasteiger partial charge in [0.25, 0.3) is 0 Å². The van der Waals surface area contributed by atoms with Gasteiger partial charge >= 0.3 is 0 Å². The lowest BCUT2D eigenvalue weighted by molar-refractivity contribution is -0.116. The van der Waals surface area contributed by atoms with Crippen LogP contribution < -0.4 is 10.1 Å². The lowest BCUT2D eigenvalue weighted by Crippen LogP contribution is -2.18. The number of thiol groups is 1. The van der Waals surface area contributed by atoms with Crippen molar-refractivity contribution >= 4 is 40.2 Å². The number of carbonyl (C=O) groups is 1. The summed E-state index contributed by atoms with van der Waals surface area (Å²) in [6.45, 7) is 2.80. The molecule has 1 N–H and O–H groups in total. The number of ether oxygens (including phenoxy) is 1. The predicted molar refractivity (Wildman–Crippen MR) is 111 cm³/mol. The van der Waals surface area contributed by atoms with E-state index in [2.05, 4.69) is 46.9 Å². The zero-order valence-corrected chi connectivity index (χ0v) is 16.9. The molecule has 0 saturated carbocycles. The van der Waals surface area contributed by atoms with E-state index in [1.54, 1.807) is 0 Å². The third kappa shape index (κ3) is 6.75. The average molecular weight is 422 g/mol. The number of hydrogen-bond acceptors (Lipinski definition) is 3. The Bertz CT molecular complexity index is 685. The first-order valence-corrected chi connectivity index (χ1v) is 9.90. The average Bonchev–Trinajstić information content (AvgIpc) is 2.62. The van der Waals surface area contributed by atoms with E-state index >= 15 is 0 Å². The minimum atomic E-state index is 0.0972. The fourth-order valence-electron chi connectivity index (χ4n) is 2.40. The highest BCUT2D eigenvalue weighted by molar-refractivity contribution is 9.10. The molecule has 2 aromatic rings. The summed E-state index contributed by atoms with van der Waals surface area (Å²) in [6, 6.07) is 14.0. The van der Waals surface area contributed by atoms with Gasteiger partial charge in [0.05, 0.1) is 6.61 Å². The summed E-state index contributed by atoms with van der Waals surface area (Å²) in [5.41, 5.74) is 3.37. The monoisotopic (exact) mass is 421 g/mol. The predicted octanol–water partition coefficient (Wildman–Crippen LogP) is 5.42. The molecule has 2 aromatic carbocycles. The zero-order valence-electron chi connectivity index (χ0n) is 14.4. The first-order chi connectivity index (χ1) is 12.1. The molecule has 134 valence electrons. The van der Waals surface area contributed by atoms with E-state index in [0.717, 1.165) is 48.6 Å². The van der Waals surface area contributed by atoms with Gasteiger partial charge in [-0.1, -0.05) is 34.1 Å². The Hall–Kier alpha value is -1.46. The number of amides is 1. The molecule has 1 aliphatic heterocycles. The second kappa shape index (κ2) is 10.5. The van der Waals surface area contributed by atoms with Crippen LogP contribution in [0.15, 0.2) is 46.9 Å². The van der Waals surface area contributed by atoms with Gasteiger partial charge in [-0.2, -0.15) is 12.6 Å². The summed E-state index contributed by atoms with van der Waals surface area (Å²) in [6.07, 6.45) is 3.46. The number of halogens is 1. The van der Waals surface area contributed by atoms with Crippen molar-refractivity contribution < 1.29 is 9.53 Å². The van der Waals surface area contributed by atoms with Crippen molar-refractivity contribution in [1.29, 1.82) is 0 Å². The minimum Gasteiger partial charge on any atom is -0.494 e. The number of nitrogens with one attached hydrogen (secondary N) is 1. The summed E-state index contributed by atoms with van der Waals surface area (Å²) in [7, 11) is 0. The van der Waals surface area contributed by atoms with Crippen LogP contribution in [0.2, 0.25) is 0 Å². The number of aryl methyl sites for hydroxylation is 2. The van der Waals surface area contributed by atoms with Crippen LogP contribution in [-0.2, 0) is 11.2 Å². The van der Waals surface area contributed by atoms with Crippen LogP contribution >= 0.6 is 28.6 Å². The lowest BCUT2D eigenvalue weighted by atomic mass is 10.0. The highest BCUT2D eigenvalue weighted by atomic mass is 79.9. The molecule has 0 fully saturated rings. The van der Waals surface area contributed by atoms with Crippen LogP contribution in [-0.4, -0.2) is 18.3 Å². The molecule has 1 aliphatic rings. The molecule has 0 unspecified atom stereocenters. The fourth-order valence-corrected chi connectivity index (χ4v) is 2.91. The Kier molecular flexibility index (Phi) is 8.35.